The molecule has 3 aliphatic rings. The molecule has 0 unspecified atom stereocenters. The van der Waals surface area contributed by atoms with Gasteiger partial charge in [-0.25, -0.2) is 4.68 Å². The molecule has 7 nitrogen and oxygen atoms in total. The monoisotopic (exact) mass is 553 g/mol. The number of nitrogens with zero attached hydrogens (tertiary/aromatic N) is 6. The SMILES string of the molecule is C=N/C(=C\C(=C/C)N1C[C@H]2CC[C@@H](C1)[C@@H]2Nc1nc2n(n1)CCCN2c1ccc(C(F)(F)F)cc1)C(F)(F)F. The Kier molecular flexibility index (Phi) is 7.10. The molecule has 1 saturated carbocycles. The number of rotatable bonds is 6. The summed E-state index contributed by atoms with van der Waals surface area (Å²) in [4.78, 5) is 11.7. The molecule has 13 heteroatoms. The van der Waals surface area contributed by atoms with Crippen LogP contribution in [-0.4, -0.2) is 58.2 Å². The van der Waals surface area contributed by atoms with Crippen molar-refractivity contribution in [3.05, 3.63) is 53.4 Å². The summed E-state index contributed by atoms with van der Waals surface area (Å²) < 4.78 is 80.4. The molecule has 0 radical (unpaired) electrons. The van der Waals surface area contributed by atoms with E-state index in [9.17, 15) is 26.3 Å². The number of aliphatic imine (C=N–C) groups is 1. The highest BCUT2D eigenvalue weighted by Crippen LogP contribution is 2.41. The summed E-state index contributed by atoms with van der Waals surface area (Å²) in [7, 11) is 0. The van der Waals surface area contributed by atoms with Crippen molar-refractivity contribution >= 4 is 24.3 Å². The Labute approximate surface area is 221 Å². The van der Waals surface area contributed by atoms with Crippen LogP contribution in [0, 0.1) is 11.8 Å². The molecule has 1 saturated heterocycles. The first-order chi connectivity index (χ1) is 18.5. The Balaban J connectivity index is 1.30. The zero-order chi connectivity index (χ0) is 27.9. The molecule has 1 aromatic carbocycles. The number of piperidine rings is 1. The summed E-state index contributed by atoms with van der Waals surface area (Å²) in [5.74, 6) is 1.38. The van der Waals surface area contributed by atoms with E-state index in [1.54, 1.807) is 17.7 Å². The van der Waals surface area contributed by atoms with Gasteiger partial charge in [0.2, 0.25) is 11.9 Å². The van der Waals surface area contributed by atoms with Crippen LogP contribution in [0.3, 0.4) is 0 Å². The van der Waals surface area contributed by atoms with Crippen molar-refractivity contribution in [2.24, 2.45) is 16.8 Å². The summed E-state index contributed by atoms with van der Waals surface area (Å²) in [5, 5.41) is 8.08. The van der Waals surface area contributed by atoms with Crippen LogP contribution in [0.5, 0.6) is 0 Å². The third-order valence-electron chi connectivity index (χ3n) is 7.69. The van der Waals surface area contributed by atoms with Crippen molar-refractivity contribution in [2.45, 2.75) is 51.1 Å². The molecule has 0 spiro atoms. The molecule has 0 amide bonds. The summed E-state index contributed by atoms with van der Waals surface area (Å²) >= 11 is 0. The van der Waals surface area contributed by atoms with E-state index in [4.69, 9.17) is 0 Å². The standard InChI is InChI=1S/C26H29F6N7/c1-3-19(13-21(33-2)26(30,31)32)37-14-16-5-6-17(15-37)22(16)34-23-35-24-38(11-4-12-39(24)36-23)20-9-7-18(8-10-20)25(27,28)29/h3,7-10,13,16-17,22H,2,4-6,11-12,14-15H2,1H3,(H,34,36)/b19-3+,21-13-/t16-,17+,22-. The highest BCUT2D eigenvalue weighted by molar-refractivity contribution is 5.60. The van der Waals surface area contributed by atoms with Crippen molar-refractivity contribution in [2.75, 3.05) is 29.9 Å². The minimum atomic E-state index is -4.57. The van der Waals surface area contributed by atoms with E-state index in [0.29, 0.717) is 49.5 Å². The largest absolute Gasteiger partial charge is 0.433 e. The van der Waals surface area contributed by atoms with Crippen molar-refractivity contribution < 1.29 is 26.3 Å². The molecule has 2 fully saturated rings. The number of hydrogen-bond donors (Lipinski definition) is 1. The maximum Gasteiger partial charge on any atom is 0.433 e. The van der Waals surface area contributed by atoms with E-state index in [1.165, 1.54) is 12.1 Å². The van der Waals surface area contributed by atoms with Crippen molar-refractivity contribution in [3.8, 4) is 0 Å². The van der Waals surface area contributed by atoms with E-state index in [0.717, 1.165) is 37.5 Å². The maximum absolute atomic E-state index is 13.2. The van der Waals surface area contributed by atoms with Crippen molar-refractivity contribution in [1.82, 2.24) is 19.7 Å². The van der Waals surface area contributed by atoms with Gasteiger partial charge in [-0.3, -0.25) is 4.99 Å². The summed E-state index contributed by atoms with van der Waals surface area (Å²) in [5.41, 5.74) is -0.655. The van der Waals surface area contributed by atoms with Crippen LogP contribution in [0.1, 0.15) is 31.7 Å². The highest BCUT2D eigenvalue weighted by Gasteiger charge is 2.43. The molecule has 5 rings (SSSR count). The number of halogens is 6. The Hall–Kier alpha value is -3.51. The Morgan fingerprint density at radius 2 is 1.72 bits per heavy atom. The smallest absolute Gasteiger partial charge is 0.371 e. The summed E-state index contributed by atoms with van der Waals surface area (Å²) in [6.45, 7) is 7.18. The van der Waals surface area contributed by atoms with Gasteiger partial charge in [0.05, 0.1) is 5.56 Å². The number of aryl methyl sites for hydroxylation is 1. The van der Waals surface area contributed by atoms with Crippen LogP contribution >= 0.6 is 0 Å². The molecule has 39 heavy (non-hydrogen) atoms. The highest BCUT2D eigenvalue weighted by atomic mass is 19.4. The molecule has 1 aromatic heterocycles. The van der Waals surface area contributed by atoms with Gasteiger partial charge in [0.25, 0.3) is 0 Å². The van der Waals surface area contributed by atoms with Crippen molar-refractivity contribution in [1.29, 1.82) is 0 Å². The lowest BCUT2D eigenvalue weighted by Gasteiger charge is -2.40. The second-order valence-corrected chi connectivity index (χ2v) is 10.1. The van der Waals surface area contributed by atoms with Crippen LogP contribution < -0.4 is 10.2 Å². The Morgan fingerprint density at radius 1 is 1.05 bits per heavy atom. The normalized spacial score (nSPS) is 24.1. The fourth-order valence-corrected chi connectivity index (χ4v) is 5.83. The van der Waals surface area contributed by atoms with Crippen LogP contribution in [0.4, 0.5) is 43.9 Å². The third kappa shape index (κ3) is 5.48. The lowest BCUT2D eigenvalue weighted by molar-refractivity contribution is -0.137. The molecule has 2 bridgehead atoms. The van der Waals surface area contributed by atoms with Gasteiger partial charge in [-0.15, -0.1) is 5.10 Å². The lowest BCUT2D eigenvalue weighted by Crippen LogP contribution is -2.47. The van der Waals surface area contributed by atoms with Gasteiger partial charge >= 0.3 is 12.4 Å². The Morgan fingerprint density at radius 3 is 2.28 bits per heavy atom. The second-order valence-electron chi connectivity index (χ2n) is 10.1. The van der Waals surface area contributed by atoms with Gasteiger partial charge in [0.15, 0.2) is 0 Å². The Bertz CT molecular complexity index is 1250. The number of alkyl halides is 6. The molecule has 2 aromatic rings. The van der Waals surface area contributed by atoms with E-state index < -0.39 is 23.6 Å². The first-order valence-electron chi connectivity index (χ1n) is 12.8. The van der Waals surface area contributed by atoms with E-state index in [-0.39, 0.29) is 17.9 Å². The quantitative estimate of drug-likeness (QED) is 0.270. The fraction of sp³-hybridized carbons (Fsp3) is 0.500. The van der Waals surface area contributed by atoms with Crippen LogP contribution in [0.15, 0.2) is 52.8 Å². The number of aromatic nitrogens is 3. The molecule has 3 atom stereocenters. The molecular formula is C26H29F6N7. The first-order valence-corrected chi connectivity index (χ1v) is 12.8. The molecule has 1 aliphatic carbocycles. The summed E-state index contributed by atoms with van der Waals surface area (Å²) in [6.07, 6.45) is -3.66. The van der Waals surface area contributed by atoms with Gasteiger partial charge in [-0.1, -0.05) is 6.08 Å². The number of likely N-dealkylation sites (tertiary alicyclic amines) is 1. The number of nitrogens with one attached hydrogen (secondary N) is 1. The molecule has 210 valence electrons. The molecule has 1 N–H and O–H groups in total. The zero-order valence-electron chi connectivity index (χ0n) is 21.3. The van der Waals surface area contributed by atoms with Crippen LogP contribution in [-0.2, 0) is 12.7 Å². The summed E-state index contributed by atoms with van der Waals surface area (Å²) in [6, 6.07) is 5.07. The van der Waals surface area contributed by atoms with Gasteiger partial charge < -0.3 is 15.1 Å². The minimum absolute atomic E-state index is 0.0620. The average Bonchev–Trinajstić information content (AvgIpc) is 3.39. The molecule has 3 heterocycles. The average molecular weight is 554 g/mol. The van der Waals surface area contributed by atoms with Crippen LogP contribution in [0.2, 0.25) is 0 Å². The predicted octanol–water partition coefficient (Wildman–Crippen LogP) is 6.01. The molecular weight excluding hydrogens is 524 g/mol. The number of fused-ring (bicyclic) bond motifs is 3. The van der Waals surface area contributed by atoms with Crippen molar-refractivity contribution in [3.63, 3.8) is 0 Å². The topological polar surface area (TPSA) is 61.6 Å². The number of allylic oxidation sites excluding steroid dienone is 3. The lowest BCUT2D eigenvalue weighted by atomic mass is 9.91. The zero-order valence-corrected chi connectivity index (χ0v) is 21.3. The van der Waals surface area contributed by atoms with E-state index in [2.05, 4.69) is 27.1 Å². The van der Waals surface area contributed by atoms with E-state index >= 15 is 0 Å². The maximum atomic E-state index is 13.2. The second kappa shape index (κ2) is 10.2. The predicted molar refractivity (Wildman–Crippen MR) is 136 cm³/mol. The van der Waals surface area contributed by atoms with Gasteiger partial charge in [-0.05, 0) is 75.1 Å². The van der Waals surface area contributed by atoms with E-state index in [1.807, 2.05) is 9.80 Å². The fourth-order valence-electron chi connectivity index (χ4n) is 5.83. The van der Waals surface area contributed by atoms with Gasteiger partial charge in [-0.2, -0.15) is 31.3 Å². The number of hydrogen-bond acceptors (Lipinski definition) is 6. The van der Waals surface area contributed by atoms with Crippen LogP contribution in [0.25, 0.3) is 0 Å². The third-order valence-corrected chi connectivity index (χ3v) is 7.69. The number of benzene rings is 1. The number of anilines is 3. The minimum Gasteiger partial charge on any atom is -0.371 e. The van der Waals surface area contributed by atoms with Gasteiger partial charge in [0.1, 0.15) is 5.70 Å². The van der Waals surface area contributed by atoms with Gasteiger partial charge in [0, 0.05) is 43.6 Å². The first kappa shape index (κ1) is 27.1. The molecule has 2 aliphatic heterocycles.